The van der Waals surface area contributed by atoms with Crippen molar-refractivity contribution in [3.05, 3.63) is 65.5 Å². The Hall–Kier alpha value is -2.13. The molecule has 168 valence electrons. The second-order valence-electron chi connectivity index (χ2n) is 7.55. The summed E-state index contributed by atoms with van der Waals surface area (Å²) in [7, 11) is -3.22. The highest BCUT2D eigenvalue weighted by molar-refractivity contribution is 7.57. The van der Waals surface area contributed by atoms with Gasteiger partial charge in [-0.25, -0.2) is 13.3 Å². The van der Waals surface area contributed by atoms with E-state index in [0.717, 1.165) is 17.1 Å². The van der Waals surface area contributed by atoms with E-state index in [4.69, 9.17) is 19.2 Å². The van der Waals surface area contributed by atoms with Gasteiger partial charge in [-0.3, -0.25) is 4.57 Å². The third kappa shape index (κ3) is 4.50. The molecule has 5 rings (SSSR count). The second kappa shape index (κ2) is 9.79. The highest BCUT2D eigenvalue weighted by Gasteiger charge is 2.39. The highest BCUT2D eigenvalue weighted by Crippen LogP contribution is 2.54. The summed E-state index contributed by atoms with van der Waals surface area (Å²) in [6.45, 7) is 4.59. The molecule has 0 bridgehead atoms. The monoisotopic (exact) mass is 471 g/mol. The lowest BCUT2D eigenvalue weighted by molar-refractivity contribution is 0.0523. The van der Waals surface area contributed by atoms with Crippen molar-refractivity contribution in [2.45, 2.75) is 0 Å². The molecule has 2 saturated heterocycles. The standard InChI is InChI=1S/C22H26N5O3PS/c28-31(25-11-15-29-16-12-25,26-13-17-30-18-14-26)24-22-23-21(19-7-3-1-4-8-19)27(32-22)20-9-5-2-6-10-20/h1-10H,11-18H2/b24-22-. The Labute approximate surface area is 191 Å². The molecule has 0 atom stereocenters. The number of rotatable bonds is 5. The van der Waals surface area contributed by atoms with Gasteiger partial charge in [0.2, 0.25) is 4.80 Å². The highest BCUT2D eigenvalue weighted by atomic mass is 32.1. The summed E-state index contributed by atoms with van der Waals surface area (Å²) in [4.78, 5) is 5.37. The Morgan fingerprint density at radius 2 is 1.34 bits per heavy atom. The van der Waals surface area contributed by atoms with Crippen LogP contribution in [0, 0.1) is 0 Å². The fourth-order valence-electron chi connectivity index (χ4n) is 3.87. The van der Waals surface area contributed by atoms with Crippen LogP contribution in [0.2, 0.25) is 0 Å². The van der Waals surface area contributed by atoms with Crippen molar-refractivity contribution in [2.24, 2.45) is 4.76 Å². The zero-order chi connectivity index (χ0) is 21.8. The first-order valence-corrected chi connectivity index (χ1v) is 13.1. The van der Waals surface area contributed by atoms with Crippen molar-refractivity contribution in [3.8, 4) is 17.1 Å². The summed E-state index contributed by atoms with van der Waals surface area (Å²) < 4.78 is 36.3. The molecule has 0 aliphatic carbocycles. The molecule has 8 nitrogen and oxygen atoms in total. The number of hydrogen-bond acceptors (Lipinski definition) is 5. The quantitative estimate of drug-likeness (QED) is 0.532. The van der Waals surface area contributed by atoms with E-state index in [1.165, 1.54) is 11.5 Å². The Bertz CT molecular complexity index is 1060. The molecule has 0 saturated carbocycles. The van der Waals surface area contributed by atoms with Gasteiger partial charge >= 0.3 is 7.59 Å². The zero-order valence-corrected chi connectivity index (χ0v) is 19.5. The molecule has 10 heteroatoms. The number of para-hydroxylation sites is 1. The van der Waals surface area contributed by atoms with Crippen LogP contribution in [-0.4, -0.2) is 70.9 Å². The minimum atomic E-state index is -3.22. The lowest BCUT2D eigenvalue weighted by atomic mass is 10.2. The number of ether oxygens (including phenoxy) is 2. The van der Waals surface area contributed by atoms with Gasteiger partial charge in [-0.05, 0) is 23.7 Å². The van der Waals surface area contributed by atoms with Crippen molar-refractivity contribution >= 4 is 19.1 Å². The Kier molecular flexibility index (Phi) is 6.64. The number of benzene rings is 2. The van der Waals surface area contributed by atoms with Gasteiger partial charge in [0.15, 0.2) is 5.82 Å². The van der Waals surface area contributed by atoms with Crippen LogP contribution < -0.4 is 4.80 Å². The van der Waals surface area contributed by atoms with Crippen molar-refractivity contribution in [2.75, 3.05) is 52.6 Å². The van der Waals surface area contributed by atoms with Crippen LogP contribution in [0.1, 0.15) is 0 Å². The second-order valence-corrected chi connectivity index (χ2v) is 10.8. The molecule has 2 aliphatic rings. The summed E-state index contributed by atoms with van der Waals surface area (Å²) >= 11 is 1.41. The molecule has 0 amide bonds. The van der Waals surface area contributed by atoms with Crippen LogP contribution in [0.5, 0.6) is 0 Å². The fourth-order valence-corrected chi connectivity index (χ4v) is 7.34. The maximum atomic E-state index is 14.4. The van der Waals surface area contributed by atoms with Gasteiger partial charge in [0.05, 0.1) is 32.1 Å². The van der Waals surface area contributed by atoms with Gasteiger partial charge in [0.1, 0.15) is 0 Å². The van der Waals surface area contributed by atoms with Crippen LogP contribution in [0.25, 0.3) is 17.1 Å². The summed E-state index contributed by atoms with van der Waals surface area (Å²) in [6.07, 6.45) is 0. The first kappa shape index (κ1) is 21.7. The lowest BCUT2D eigenvalue weighted by Gasteiger charge is -2.39. The molecule has 0 radical (unpaired) electrons. The van der Waals surface area contributed by atoms with E-state index in [1.807, 2.05) is 70.0 Å². The van der Waals surface area contributed by atoms with Gasteiger partial charge in [-0.1, -0.05) is 48.5 Å². The normalized spacial score (nSPS) is 19.3. The molecule has 0 spiro atoms. The predicted octanol–water partition coefficient (Wildman–Crippen LogP) is 3.27. The Morgan fingerprint density at radius 1 is 0.812 bits per heavy atom. The van der Waals surface area contributed by atoms with Gasteiger partial charge in [-0.2, -0.15) is 9.75 Å². The van der Waals surface area contributed by atoms with Gasteiger partial charge in [0.25, 0.3) is 0 Å². The van der Waals surface area contributed by atoms with E-state index in [9.17, 15) is 4.57 Å². The van der Waals surface area contributed by atoms with Crippen molar-refractivity contribution in [1.82, 2.24) is 18.3 Å². The largest absolute Gasteiger partial charge is 0.379 e. The smallest absolute Gasteiger partial charge is 0.332 e. The van der Waals surface area contributed by atoms with E-state index >= 15 is 0 Å². The summed E-state index contributed by atoms with van der Waals surface area (Å²) in [6, 6.07) is 20.1. The molecule has 2 aliphatic heterocycles. The minimum Gasteiger partial charge on any atom is -0.379 e. The van der Waals surface area contributed by atoms with E-state index in [2.05, 4.69) is 3.96 Å². The van der Waals surface area contributed by atoms with Gasteiger partial charge in [-0.15, -0.1) is 0 Å². The average Bonchev–Trinajstić information content (AvgIpc) is 3.30. The third-order valence-electron chi connectivity index (χ3n) is 5.52. The summed E-state index contributed by atoms with van der Waals surface area (Å²) in [5, 5.41) is 0. The topological polar surface area (TPSA) is 72.2 Å². The van der Waals surface area contributed by atoms with E-state index < -0.39 is 7.59 Å². The Balaban J connectivity index is 1.63. The van der Waals surface area contributed by atoms with Crippen LogP contribution >= 0.6 is 19.1 Å². The van der Waals surface area contributed by atoms with Crippen LogP contribution in [-0.2, 0) is 14.0 Å². The SMILES string of the molecule is O=P(/N=c1/nc(-c2ccccc2)n(-c2ccccc2)s1)(N1CCOCC1)N1CCOCC1. The lowest BCUT2D eigenvalue weighted by Crippen LogP contribution is -2.42. The van der Waals surface area contributed by atoms with Crippen LogP contribution in [0.3, 0.4) is 0 Å². The predicted molar refractivity (Wildman–Crippen MR) is 125 cm³/mol. The third-order valence-corrected chi connectivity index (χ3v) is 9.29. The first-order valence-electron chi connectivity index (χ1n) is 10.8. The molecule has 3 heterocycles. The molecule has 2 fully saturated rings. The minimum absolute atomic E-state index is 0.508. The number of nitrogens with zero attached hydrogens (tertiary/aromatic N) is 5. The molecular formula is C22H26N5O3PS. The van der Waals surface area contributed by atoms with E-state index in [1.54, 1.807) is 0 Å². The van der Waals surface area contributed by atoms with E-state index in [0.29, 0.717) is 57.4 Å². The zero-order valence-electron chi connectivity index (χ0n) is 17.7. The molecule has 0 N–H and O–H groups in total. The fraction of sp³-hybridized carbons (Fsp3) is 0.364. The number of hydrogen-bond donors (Lipinski definition) is 0. The first-order chi connectivity index (χ1) is 15.7. The van der Waals surface area contributed by atoms with Crippen molar-refractivity contribution < 1.29 is 14.0 Å². The Morgan fingerprint density at radius 3 is 1.91 bits per heavy atom. The molecule has 0 unspecified atom stereocenters. The molecule has 2 aromatic carbocycles. The summed E-state index contributed by atoms with van der Waals surface area (Å²) in [5.74, 6) is 0.788. The number of aromatic nitrogens is 2. The van der Waals surface area contributed by atoms with Crippen LogP contribution in [0.15, 0.2) is 65.4 Å². The molecule has 3 aromatic rings. The molecule has 1 aromatic heterocycles. The maximum absolute atomic E-state index is 14.4. The average molecular weight is 472 g/mol. The summed E-state index contributed by atoms with van der Waals surface area (Å²) in [5.41, 5.74) is 1.99. The van der Waals surface area contributed by atoms with Crippen molar-refractivity contribution in [1.29, 1.82) is 0 Å². The van der Waals surface area contributed by atoms with E-state index in [-0.39, 0.29) is 0 Å². The maximum Gasteiger partial charge on any atom is 0.332 e. The van der Waals surface area contributed by atoms with Gasteiger partial charge in [0, 0.05) is 31.7 Å². The molecule has 32 heavy (non-hydrogen) atoms. The molecular weight excluding hydrogens is 445 g/mol. The van der Waals surface area contributed by atoms with Gasteiger partial charge < -0.3 is 9.47 Å². The van der Waals surface area contributed by atoms with Crippen LogP contribution in [0.4, 0.5) is 0 Å². The van der Waals surface area contributed by atoms with Crippen molar-refractivity contribution in [3.63, 3.8) is 0 Å². The number of morpholine rings is 2.